The first kappa shape index (κ1) is 20.8. The molecule has 0 unspecified atom stereocenters. The van der Waals surface area contributed by atoms with Gasteiger partial charge in [-0.3, -0.25) is 14.7 Å². The zero-order valence-corrected chi connectivity index (χ0v) is 17.1. The molecule has 0 bridgehead atoms. The number of hydrogen-bond acceptors (Lipinski definition) is 6. The van der Waals surface area contributed by atoms with Gasteiger partial charge >= 0.3 is 5.97 Å². The fraction of sp³-hybridized carbons (Fsp3) is 0.182. The van der Waals surface area contributed by atoms with Crippen molar-refractivity contribution >= 4 is 18.1 Å². The van der Waals surface area contributed by atoms with Gasteiger partial charge in [0, 0.05) is 12.5 Å². The molecule has 8 nitrogen and oxygen atoms in total. The molecule has 1 heterocycles. The molecule has 1 aromatic heterocycles. The summed E-state index contributed by atoms with van der Waals surface area (Å²) in [6.45, 7) is 5.38. The predicted octanol–water partition coefficient (Wildman–Crippen LogP) is 3.39. The normalized spacial score (nSPS) is 10.8. The van der Waals surface area contributed by atoms with Crippen molar-refractivity contribution in [2.75, 3.05) is 7.11 Å². The molecule has 0 fully saturated rings. The number of rotatable bonds is 6. The van der Waals surface area contributed by atoms with Gasteiger partial charge in [0.25, 0.3) is 5.91 Å². The van der Waals surface area contributed by atoms with Gasteiger partial charge in [-0.05, 0) is 60.9 Å². The van der Waals surface area contributed by atoms with Crippen molar-refractivity contribution in [1.82, 2.24) is 15.6 Å². The van der Waals surface area contributed by atoms with Crippen LogP contribution < -0.4 is 14.9 Å². The molecular weight excluding hydrogens is 384 g/mol. The van der Waals surface area contributed by atoms with Crippen LogP contribution in [0.15, 0.2) is 47.6 Å². The van der Waals surface area contributed by atoms with E-state index in [1.165, 1.54) is 25.8 Å². The molecule has 30 heavy (non-hydrogen) atoms. The van der Waals surface area contributed by atoms with Gasteiger partial charge in [-0.2, -0.15) is 10.2 Å². The lowest BCUT2D eigenvalue weighted by molar-refractivity contribution is -0.132. The highest BCUT2D eigenvalue weighted by Crippen LogP contribution is 2.27. The molecule has 3 aromatic rings. The third-order valence-corrected chi connectivity index (χ3v) is 4.45. The van der Waals surface area contributed by atoms with Gasteiger partial charge in [-0.25, -0.2) is 5.43 Å². The van der Waals surface area contributed by atoms with Gasteiger partial charge in [0.1, 0.15) is 5.69 Å². The maximum absolute atomic E-state index is 12.3. The Bertz CT molecular complexity index is 1120. The Hall–Kier alpha value is -3.94. The van der Waals surface area contributed by atoms with Gasteiger partial charge in [-0.15, -0.1) is 0 Å². The Morgan fingerprint density at radius 2 is 1.87 bits per heavy atom. The highest BCUT2D eigenvalue weighted by Gasteiger charge is 2.11. The number of nitrogens with one attached hydrogen (secondary N) is 2. The van der Waals surface area contributed by atoms with Gasteiger partial charge < -0.3 is 9.47 Å². The third kappa shape index (κ3) is 4.91. The van der Waals surface area contributed by atoms with E-state index in [2.05, 4.69) is 20.7 Å². The van der Waals surface area contributed by atoms with E-state index < -0.39 is 11.9 Å². The number of carbonyl (C=O) groups excluding carboxylic acids is 2. The summed E-state index contributed by atoms with van der Waals surface area (Å²) in [6.07, 6.45) is 1.46. The van der Waals surface area contributed by atoms with Crippen molar-refractivity contribution in [3.63, 3.8) is 0 Å². The van der Waals surface area contributed by atoms with Crippen molar-refractivity contribution in [1.29, 1.82) is 0 Å². The predicted molar refractivity (Wildman–Crippen MR) is 113 cm³/mol. The minimum absolute atomic E-state index is 0.295. The summed E-state index contributed by atoms with van der Waals surface area (Å²) in [5.41, 5.74) is 7.35. The number of benzene rings is 2. The van der Waals surface area contributed by atoms with Crippen molar-refractivity contribution in [3.8, 4) is 22.8 Å². The second-order valence-corrected chi connectivity index (χ2v) is 6.67. The Balaban J connectivity index is 1.67. The topological polar surface area (TPSA) is 106 Å². The minimum atomic E-state index is -0.443. The highest BCUT2D eigenvalue weighted by atomic mass is 16.6. The maximum Gasteiger partial charge on any atom is 0.308 e. The van der Waals surface area contributed by atoms with Crippen LogP contribution in [0, 0.1) is 13.8 Å². The van der Waals surface area contributed by atoms with Crippen LogP contribution >= 0.6 is 0 Å². The number of hydrazone groups is 1. The zero-order valence-electron chi connectivity index (χ0n) is 17.1. The van der Waals surface area contributed by atoms with Crippen molar-refractivity contribution < 1.29 is 19.1 Å². The van der Waals surface area contributed by atoms with Crippen molar-refractivity contribution in [2.24, 2.45) is 5.10 Å². The number of carbonyl (C=O) groups is 2. The first-order chi connectivity index (χ1) is 14.4. The monoisotopic (exact) mass is 406 g/mol. The first-order valence-electron chi connectivity index (χ1n) is 9.20. The standard InChI is InChI=1S/C22H22N4O4/c1-13-5-7-17(9-14(13)2)18-11-19(25-24-18)22(28)26-23-12-16-6-8-20(30-15(3)27)21(10-16)29-4/h5-12H,1-4H3,(H,24,25)(H,26,28). The summed E-state index contributed by atoms with van der Waals surface area (Å²) in [4.78, 5) is 23.4. The molecular formula is C22H22N4O4. The quantitative estimate of drug-likeness (QED) is 0.282. The minimum Gasteiger partial charge on any atom is -0.493 e. The summed E-state index contributed by atoms with van der Waals surface area (Å²) < 4.78 is 10.3. The molecule has 2 N–H and O–H groups in total. The van der Waals surface area contributed by atoms with E-state index in [0.29, 0.717) is 28.5 Å². The molecule has 0 saturated heterocycles. The summed E-state index contributed by atoms with van der Waals surface area (Å²) in [5.74, 6) is -0.173. The zero-order chi connectivity index (χ0) is 21.7. The lowest BCUT2D eigenvalue weighted by Crippen LogP contribution is -2.18. The Labute approximate surface area is 173 Å². The molecule has 1 amide bonds. The second-order valence-electron chi connectivity index (χ2n) is 6.67. The van der Waals surface area contributed by atoms with E-state index in [4.69, 9.17) is 9.47 Å². The number of aromatic nitrogens is 2. The average molecular weight is 406 g/mol. The number of nitrogens with zero attached hydrogens (tertiary/aromatic N) is 2. The fourth-order valence-electron chi connectivity index (χ4n) is 2.72. The lowest BCUT2D eigenvalue weighted by atomic mass is 10.0. The average Bonchev–Trinajstić information content (AvgIpc) is 3.21. The van der Waals surface area contributed by atoms with Gasteiger partial charge in [0.15, 0.2) is 11.5 Å². The number of aryl methyl sites for hydroxylation is 2. The van der Waals surface area contributed by atoms with Crippen LogP contribution in [0.3, 0.4) is 0 Å². The summed E-state index contributed by atoms with van der Waals surface area (Å²) in [7, 11) is 1.47. The highest BCUT2D eigenvalue weighted by molar-refractivity contribution is 5.94. The first-order valence-corrected chi connectivity index (χ1v) is 9.20. The number of H-pyrrole nitrogens is 1. The molecule has 2 aromatic carbocycles. The van der Waals surface area contributed by atoms with Crippen LogP contribution in [-0.4, -0.2) is 35.4 Å². The molecule has 0 radical (unpaired) electrons. The number of esters is 1. The van der Waals surface area contributed by atoms with E-state index in [1.807, 2.05) is 32.0 Å². The number of amides is 1. The smallest absolute Gasteiger partial charge is 0.308 e. The Kier molecular flexibility index (Phi) is 6.26. The third-order valence-electron chi connectivity index (χ3n) is 4.45. The number of hydrogen-bond donors (Lipinski definition) is 2. The van der Waals surface area contributed by atoms with Crippen LogP contribution in [0.2, 0.25) is 0 Å². The van der Waals surface area contributed by atoms with Crippen molar-refractivity contribution in [2.45, 2.75) is 20.8 Å². The van der Waals surface area contributed by atoms with E-state index >= 15 is 0 Å². The van der Waals surface area contributed by atoms with Gasteiger partial charge in [0.05, 0.1) is 19.0 Å². The van der Waals surface area contributed by atoms with E-state index in [-0.39, 0.29) is 0 Å². The largest absolute Gasteiger partial charge is 0.493 e. The Morgan fingerprint density at radius 3 is 2.57 bits per heavy atom. The van der Waals surface area contributed by atoms with Gasteiger partial charge in [0.2, 0.25) is 0 Å². The molecule has 0 aliphatic rings. The SMILES string of the molecule is COc1cc(C=NNC(=O)c2cc(-c3ccc(C)c(C)c3)n[nH]2)ccc1OC(C)=O. The number of methoxy groups -OCH3 is 1. The van der Waals surface area contributed by atoms with Crippen molar-refractivity contribution in [3.05, 3.63) is 64.8 Å². The fourth-order valence-corrected chi connectivity index (χ4v) is 2.72. The van der Waals surface area contributed by atoms with Gasteiger partial charge in [-0.1, -0.05) is 12.1 Å². The summed E-state index contributed by atoms with van der Waals surface area (Å²) in [6, 6.07) is 12.6. The van der Waals surface area contributed by atoms with Crippen LogP contribution in [-0.2, 0) is 4.79 Å². The summed E-state index contributed by atoms with van der Waals surface area (Å²) in [5, 5.41) is 10.9. The second kappa shape index (κ2) is 9.04. The maximum atomic E-state index is 12.3. The number of ether oxygens (including phenoxy) is 2. The molecule has 3 rings (SSSR count). The molecule has 8 heteroatoms. The molecule has 0 saturated carbocycles. The molecule has 154 valence electrons. The van der Waals surface area contributed by atoms with E-state index in [0.717, 1.165) is 11.1 Å². The lowest BCUT2D eigenvalue weighted by Gasteiger charge is -2.08. The van der Waals surface area contributed by atoms with Crippen LogP contribution in [0.1, 0.15) is 34.1 Å². The summed E-state index contributed by atoms with van der Waals surface area (Å²) >= 11 is 0. The molecule has 0 aliphatic carbocycles. The van der Waals surface area contributed by atoms with E-state index in [1.54, 1.807) is 24.3 Å². The Morgan fingerprint density at radius 1 is 1.07 bits per heavy atom. The molecule has 0 atom stereocenters. The van der Waals surface area contributed by atoms with Crippen LogP contribution in [0.5, 0.6) is 11.5 Å². The molecule has 0 aliphatic heterocycles. The van der Waals surface area contributed by atoms with Crippen LogP contribution in [0.25, 0.3) is 11.3 Å². The van der Waals surface area contributed by atoms with E-state index in [9.17, 15) is 9.59 Å². The molecule has 0 spiro atoms. The van der Waals surface area contributed by atoms with Crippen LogP contribution in [0.4, 0.5) is 0 Å². The number of aromatic amines is 1.